The molecule has 14 heavy (non-hydrogen) atoms. The molecule has 1 aromatic rings. The maximum absolute atomic E-state index is 11.7. The third kappa shape index (κ3) is 6.10. The Bertz CT molecular complexity index is 253. The van der Waals surface area contributed by atoms with Crippen molar-refractivity contribution >= 4 is 11.8 Å². The van der Waals surface area contributed by atoms with Gasteiger partial charge in [0.15, 0.2) is 12.4 Å². The number of aromatic amines is 1. The first-order chi connectivity index (χ1) is 6.08. The van der Waals surface area contributed by atoms with Crippen molar-refractivity contribution in [1.82, 2.24) is 0 Å². The number of halogens is 4. The second-order valence-electron chi connectivity index (χ2n) is 2.45. The van der Waals surface area contributed by atoms with E-state index < -0.39 is 12.6 Å². The summed E-state index contributed by atoms with van der Waals surface area (Å²) in [6, 6.07) is 3.54. The van der Waals surface area contributed by atoms with Crippen LogP contribution in [0.3, 0.4) is 0 Å². The van der Waals surface area contributed by atoms with Gasteiger partial charge in [0.05, 0.1) is 11.3 Å². The average Bonchev–Trinajstić information content (AvgIpc) is 2.04. The molecule has 6 heteroatoms. The van der Waals surface area contributed by atoms with Gasteiger partial charge in [-0.15, -0.1) is 11.8 Å². The van der Waals surface area contributed by atoms with E-state index in [2.05, 4.69) is 4.98 Å². The molecule has 1 rings (SSSR count). The summed E-state index contributed by atoms with van der Waals surface area (Å²) in [5.41, 5.74) is 0. The molecule has 0 saturated heterocycles. The summed E-state index contributed by atoms with van der Waals surface area (Å²) in [6.07, 6.45) is -1.40. The number of pyridine rings is 1. The second-order valence-corrected chi connectivity index (χ2v) is 3.62. The Morgan fingerprint density at radius 2 is 2.07 bits per heavy atom. The molecular weight excluding hydrogens is 235 g/mol. The third-order valence-corrected chi connectivity index (χ3v) is 2.33. The van der Waals surface area contributed by atoms with Gasteiger partial charge in [0.1, 0.15) is 0 Å². The Morgan fingerprint density at radius 3 is 2.57 bits per heavy atom. The molecule has 0 saturated carbocycles. The van der Waals surface area contributed by atoms with E-state index in [4.69, 9.17) is 0 Å². The van der Waals surface area contributed by atoms with Crippen LogP contribution >= 0.6 is 11.8 Å². The zero-order valence-corrected chi connectivity index (χ0v) is 8.72. The number of hydrogen-bond donors (Lipinski definition) is 0. The lowest BCUT2D eigenvalue weighted by Gasteiger charge is -2.03. The molecule has 1 N–H and O–H groups in total. The Balaban J connectivity index is 0.00000169. The molecule has 0 spiro atoms. The second kappa shape index (κ2) is 6.14. The van der Waals surface area contributed by atoms with Gasteiger partial charge in [-0.05, 0) is 6.07 Å². The van der Waals surface area contributed by atoms with E-state index in [1.807, 2.05) is 0 Å². The van der Waals surface area contributed by atoms with Crippen molar-refractivity contribution in [3.05, 3.63) is 24.5 Å². The van der Waals surface area contributed by atoms with E-state index in [9.17, 15) is 13.2 Å². The Kier molecular flexibility index (Phi) is 5.95. The average molecular weight is 244 g/mol. The number of hydrogen-bond acceptors (Lipinski definition) is 1. The maximum Gasteiger partial charge on any atom is 0.389 e. The molecule has 80 valence electrons. The molecule has 1 nitrogen and oxygen atoms in total. The number of nitrogens with one attached hydrogen (secondary N) is 1. The van der Waals surface area contributed by atoms with E-state index in [1.165, 1.54) is 11.8 Å². The van der Waals surface area contributed by atoms with Gasteiger partial charge < -0.3 is 12.4 Å². The van der Waals surface area contributed by atoms with Gasteiger partial charge in [0.25, 0.3) is 0 Å². The highest BCUT2D eigenvalue weighted by molar-refractivity contribution is 7.99. The fourth-order valence-electron chi connectivity index (χ4n) is 0.751. The third-order valence-electron chi connectivity index (χ3n) is 1.33. The minimum absolute atomic E-state index is 0. The van der Waals surface area contributed by atoms with Crippen LogP contribution in [0.15, 0.2) is 29.4 Å². The van der Waals surface area contributed by atoms with Crippen LogP contribution in [0.5, 0.6) is 0 Å². The van der Waals surface area contributed by atoms with E-state index in [1.54, 1.807) is 24.5 Å². The van der Waals surface area contributed by atoms with E-state index in [0.717, 1.165) is 4.90 Å². The highest BCUT2D eigenvalue weighted by Crippen LogP contribution is 2.24. The largest absolute Gasteiger partial charge is 1.00 e. The molecule has 0 aromatic carbocycles. The maximum atomic E-state index is 11.7. The normalized spacial score (nSPS) is 10.8. The lowest BCUT2D eigenvalue weighted by atomic mass is 10.5. The Hall–Kier alpha value is -0.420. The number of thioether (sulfide) groups is 1. The molecular formula is C8H9ClF3NS. The van der Waals surface area contributed by atoms with Gasteiger partial charge in [-0.25, -0.2) is 4.98 Å². The molecule has 0 radical (unpaired) electrons. The zero-order valence-electron chi connectivity index (χ0n) is 7.14. The summed E-state index contributed by atoms with van der Waals surface area (Å²) >= 11 is 1.20. The van der Waals surface area contributed by atoms with Crippen LogP contribution < -0.4 is 17.4 Å². The van der Waals surface area contributed by atoms with Gasteiger partial charge in [-0.3, -0.25) is 0 Å². The number of H-pyrrole nitrogens is 1. The van der Waals surface area contributed by atoms with Crippen LogP contribution in [0.25, 0.3) is 0 Å². The first-order valence-electron chi connectivity index (χ1n) is 3.73. The predicted molar refractivity (Wildman–Crippen MR) is 44.4 cm³/mol. The van der Waals surface area contributed by atoms with Crippen molar-refractivity contribution in [1.29, 1.82) is 0 Å². The van der Waals surface area contributed by atoms with Crippen LogP contribution in [0.1, 0.15) is 6.42 Å². The monoisotopic (exact) mass is 243 g/mol. The van der Waals surface area contributed by atoms with Gasteiger partial charge in [-0.2, -0.15) is 13.2 Å². The minimum atomic E-state index is -4.05. The molecule has 0 fully saturated rings. The van der Waals surface area contributed by atoms with E-state index in [-0.39, 0.29) is 18.2 Å². The quantitative estimate of drug-likeness (QED) is 0.656. The predicted octanol–water partition coefficient (Wildman–Crippen LogP) is -0.451. The van der Waals surface area contributed by atoms with Crippen molar-refractivity contribution in [2.75, 3.05) is 5.75 Å². The Labute approximate surface area is 90.5 Å². The fraction of sp³-hybridized carbons (Fsp3) is 0.375. The van der Waals surface area contributed by atoms with Crippen LogP contribution in [0.2, 0.25) is 0 Å². The summed E-state index contributed by atoms with van der Waals surface area (Å²) in [5, 5.41) is 0. The van der Waals surface area contributed by atoms with E-state index in [0.29, 0.717) is 0 Å². The van der Waals surface area contributed by atoms with Crippen LogP contribution in [-0.2, 0) is 0 Å². The standard InChI is InChI=1S/C8H8F3NS.ClH/c9-8(10,11)3-5-13-7-2-1-4-12-6-7;/h1-2,4,6H,3,5H2;1H. The molecule has 0 amide bonds. The highest BCUT2D eigenvalue weighted by atomic mass is 35.5. The Morgan fingerprint density at radius 1 is 1.36 bits per heavy atom. The van der Waals surface area contributed by atoms with Crippen molar-refractivity contribution in [2.45, 2.75) is 17.5 Å². The number of rotatable bonds is 3. The van der Waals surface area contributed by atoms with Crippen molar-refractivity contribution < 1.29 is 30.6 Å². The van der Waals surface area contributed by atoms with Crippen LogP contribution in [-0.4, -0.2) is 11.9 Å². The van der Waals surface area contributed by atoms with Crippen LogP contribution in [0, 0.1) is 0 Å². The molecule has 0 unspecified atom stereocenters. The lowest BCUT2D eigenvalue weighted by Crippen LogP contribution is -3.00. The fourth-order valence-corrected chi connectivity index (χ4v) is 1.65. The highest BCUT2D eigenvalue weighted by Gasteiger charge is 2.26. The topological polar surface area (TPSA) is 14.1 Å². The zero-order chi connectivity index (χ0) is 9.73. The first-order valence-corrected chi connectivity index (χ1v) is 4.72. The van der Waals surface area contributed by atoms with Gasteiger partial charge in [-0.1, -0.05) is 0 Å². The molecule has 0 atom stereocenters. The summed E-state index contributed by atoms with van der Waals surface area (Å²) < 4.78 is 35.2. The van der Waals surface area contributed by atoms with Crippen molar-refractivity contribution in [3.63, 3.8) is 0 Å². The van der Waals surface area contributed by atoms with Gasteiger partial charge in [0.2, 0.25) is 0 Å². The summed E-state index contributed by atoms with van der Waals surface area (Å²) in [5.74, 6) is 0.0708. The molecule has 1 aromatic heterocycles. The summed E-state index contributed by atoms with van der Waals surface area (Å²) in [7, 11) is 0. The number of alkyl halides is 3. The molecule has 0 aliphatic carbocycles. The van der Waals surface area contributed by atoms with Crippen LogP contribution in [0.4, 0.5) is 13.2 Å². The minimum Gasteiger partial charge on any atom is -1.00 e. The summed E-state index contributed by atoms with van der Waals surface area (Å²) in [6.45, 7) is 0. The summed E-state index contributed by atoms with van der Waals surface area (Å²) in [4.78, 5) is 3.63. The lowest BCUT2D eigenvalue weighted by molar-refractivity contribution is -0.380. The smallest absolute Gasteiger partial charge is 0.389 e. The van der Waals surface area contributed by atoms with Gasteiger partial charge >= 0.3 is 6.18 Å². The molecule has 0 bridgehead atoms. The van der Waals surface area contributed by atoms with Crippen molar-refractivity contribution in [3.8, 4) is 0 Å². The van der Waals surface area contributed by atoms with Gasteiger partial charge in [0, 0.05) is 11.8 Å². The number of aromatic nitrogens is 1. The van der Waals surface area contributed by atoms with E-state index >= 15 is 0 Å². The molecule has 0 aliphatic heterocycles. The molecule has 1 heterocycles. The van der Waals surface area contributed by atoms with Crippen molar-refractivity contribution in [2.24, 2.45) is 0 Å². The SMILES string of the molecule is FC(F)(F)CCSc1ccc[nH+]c1.[Cl-]. The first kappa shape index (κ1) is 13.6. The molecule has 0 aliphatic rings.